The number of hydrogen-bond acceptors (Lipinski definition) is 3. The summed E-state index contributed by atoms with van der Waals surface area (Å²) in [5.41, 5.74) is 0. The van der Waals surface area contributed by atoms with E-state index in [1.54, 1.807) is 0 Å². The highest BCUT2D eigenvalue weighted by atomic mass is 16.5. The number of nitrogens with zero attached hydrogens (tertiary/aromatic N) is 2. The maximum absolute atomic E-state index is 5.41. The maximum Gasteiger partial charge on any atom is 0.0594 e. The topological polar surface area (TPSA) is 15.7 Å². The van der Waals surface area contributed by atoms with Gasteiger partial charge in [-0.15, -0.1) is 0 Å². The van der Waals surface area contributed by atoms with Crippen molar-refractivity contribution in [2.45, 2.75) is 45.6 Å². The quantitative estimate of drug-likeness (QED) is 0.748. The molecule has 2 fully saturated rings. The minimum atomic E-state index is 0.834. The molecule has 0 aliphatic carbocycles. The molecule has 2 saturated heterocycles. The second kappa shape index (κ2) is 7.46. The van der Waals surface area contributed by atoms with Crippen molar-refractivity contribution < 1.29 is 4.74 Å². The Hall–Kier alpha value is -0.120. The molecule has 0 bridgehead atoms. The first-order chi connectivity index (χ1) is 8.83. The second-order valence-electron chi connectivity index (χ2n) is 5.84. The van der Waals surface area contributed by atoms with Gasteiger partial charge < -0.3 is 9.64 Å². The average Bonchev–Trinajstić information content (AvgIpc) is 2.46. The van der Waals surface area contributed by atoms with Crippen LogP contribution in [0.4, 0.5) is 0 Å². The Morgan fingerprint density at radius 3 is 2.56 bits per heavy atom. The van der Waals surface area contributed by atoms with Gasteiger partial charge in [0.2, 0.25) is 0 Å². The molecule has 2 aliphatic heterocycles. The normalized spacial score (nSPS) is 31.7. The molecule has 0 unspecified atom stereocenters. The van der Waals surface area contributed by atoms with E-state index >= 15 is 0 Å². The van der Waals surface area contributed by atoms with Crippen LogP contribution in [0.25, 0.3) is 0 Å². The van der Waals surface area contributed by atoms with Crippen molar-refractivity contribution in [2.75, 3.05) is 45.9 Å². The highest BCUT2D eigenvalue weighted by Crippen LogP contribution is 2.25. The Morgan fingerprint density at radius 1 is 1.11 bits per heavy atom. The smallest absolute Gasteiger partial charge is 0.0594 e. The van der Waals surface area contributed by atoms with Gasteiger partial charge in [-0.3, -0.25) is 4.90 Å². The zero-order valence-electron chi connectivity index (χ0n) is 12.2. The second-order valence-corrected chi connectivity index (χ2v) is 5.84. The average molecular weight is 254 g/mol. The summed E-state index contributed by atoms with van der Waals surface area (Å²) in [6.45, 7) is 12.6. The summed E-state index contributed by atoms with van der Waals surface area (Å²) in [5, 5.41) is 0. The van der Waals surface area contributed by atoms with Crippen LogP contribution in [0.1, 0.15) is 39.5 Å². The van der Waals surface area contributed by atoms with Crippen LogP contribution in [0.15, 0.2) is 0 Å². The summed E-state index contributed by atoms with van der Waals surface area (Å²) in [6, 6.07) is 0.834. The molecule has 0 spiro atoms. The summed E-state index contributed by atoms with van der Waals surface area (Å²) in [6.07, 6.45) is 5.56. The lowest BCUT2D eigenvalue weighted by atomic mass is 9.89. The van der Waals surface area contributed by atoms with Gasteiger partial charge in [0.25, 0.3) is 0 Å². The van der Waals surface area contributed by atoms with Gasteiger partial charge in [-0.1, -0.05) is 20.3 Å². The SMILES string of the molecule is CC[C@@H]1CC[C@H](CCN2CCOCC2)N(CC)C1. The molecule has 0 radical (unpaired) electrons. The third-order valence-electron chi connectivity index (χ3n) is 4.78. The van der Waals surface area contributed by atoms with Crippen LogP contribution in [0.5, 0.6) is 0 Å². The van der Waals surface area contributed by atoms with E-state index in [0.29, 0.717) is 0 Å². The highest BCUT2D eigenvalue weighted by Gasteiger charge is 2.26. The van der Waals surface area contributed by atoms with Crippen molar-refractivity contribution in [1.82, 2.24) is 9.80 Å². The fraction of sp³-hybridized carbons (Fsp3) is 1.00. The van der Waals surface area contributed by atoms with E-state index in [1.165, 1.54) is 45.3 Å². The molecule has 3 nitrogen and oxygen atoms in total. The number of hydrogen-bond donors (Lipinski definition) is 0. The van der Waals surface area contributed by atoms with Gasteiger partial charge in [0.15, 0.2) is 0 Å². The summed E-state index contributed by atoms with van der Waals surface area (Å²) in [4.78, 5) is 5.29. The number of rotatable bonds is 5. The molecule has 2 aliphatic rings. The van der Waals surface area contributed by atoms with Crippen molar-refractivity contribution in [3.8, 4) is 0 Å². The molecule has 0 aromatic rings. The Morgan fingerprint density at radius 2 is 1.89 bits per heavy atom. The fourth-order valence-corrected chi connectivity index (χ4v) is 3.39. The van der Waals surface area contributed by atoms with Gasteiger partial charge in [0.05, 0.1) is 13.2 Å². The molecule has 2 atom stereocenters. The molecule has 18 heavy (non-hydrogen) atoms. The predicted octanol–water partition coefficient (Wildman–Crippen LogP) is 2.22. The van der Waals surface area contributed by atoms with Crippen LogP contribution < -0.4 is 0 Å². The van der Waals surface area contributed by atoms with Crippen LogP contribution in [0.2, 0.25) is 0 Å². The molecule has 106 valence electrons. The van der Waals surface area contributed by atoms with Crippen molar-refractivity contribution in [3.05, 3.63) is 0 Å². The zero-order valence-corrected chi connectivity index (χ0v) is 12.2. The van der Waals surface area contributed by atoms with Crippen molar-refractivity contribution in [1.29, 1.82) is 0 Å². The number of ether oxygens (including phenoxy) is 1. The van der Waals surface area contributed by atoms with E-state index in [1.807, 2.05) is 0 Å². The third-order valence-corrected chi connectivity index (χ3v) is 4.78. The van der Waals surface area contributed by atoms with Gasteiger partial charge in [-0.05, 0) is 38.3 Å². The lowest BCUT2D eigenvalue weighted by Gasteiger charge is -2.40. The maximum atomic E-state index is 5.41. The van der Waals surface area contributed by atoms with Crippen LogP contribution in [-0.4, -0.2) is 61.8 Å². The lowest BCUT2D eigenvalue weighted by Crippen LogP contribution is -2.45. The van der Waals surface area contributed by atoms with Crippen molar-refractivity contribution >= 4 is 0 Å². The van der Waals surface area contributed by atoms with E-state index in [-0.39, 0.29) is 0 Å². The molecule has 3 heteroatoms. The number of morpholine rings is 1. The zero-order chi connectivity index (χ0) is 12.8. The van der Waals surface area contributed by atoms with Gasteiger partial charge in [0, 0.05) is 25.7 Å². The van der Waals surface area contributed by atoms with E-state index < -0.39 is 0 Å². The minimum Gasteiger partial charge on any atom is -0.379 e. The van der Waals surface area contributed by atoms with E-state index in [9.17, 15) is 0 Å². The highest BCUT2D eigenvalue weighted by molar-refractivity contribution is 4.81. The summed E-state index contributed by atoms with van der Waals surface area (Å²) in [5.74, 6) is 0.949. The Balaban J connectivity index is 1.73. The summed E-state index contributed by atoms with van der Waals surface area (Å²) in [7, 11) is 0. The molecule has 0 N–H and O–H groups in total. The molecule has 0 aromatic heterocycles. The van der Waals surface area contributed by atoms with Gasteiger partial charge in [-0.2, -0.15) is 0 Å². The molecule has 0 saturated carbocycles. The Bertz CT molecular complexity index is 229. The lowest BCUT2D eigenvalue weighted by molar-refractivity contribution is 0.0286. The van der Waals surface area contributed by atoms with Gasteiger partial charge in [-0.25, -0.2) is 0 Å². The number of piperidine rings is 1. The standard InChI is InChI=1S/C15H30N2O/c1-3-14-5-6-15(17(4-2)13-14)7-8-16-9-11-18-12-10-16/h14-15H,3-13H2,1-2H3/t14-,15-/m1/s1. The summed E-state index contributed by atoms with van der Waals surface area (Å²) < 4.78 is 5.41. The van der Waals surface area contributed by atoms with Crippen LogP contribution >= 0.6 is 0 Å². The first-order valence-corrected chi connectivity index (χ1v) is 7.87. The monoisotopic (exact) mass is 254 g/mol. The fourth-order valence-electron chi connectivity index (χ4n) is 3.39. The molecule has 2 heterocycles. The minimum absolute atomic E-state index is 0.834. The Labute approximate surface area is 112 Å². The number of likely N-dealkylation sites (tertiary alicyclic amines) is 1. The molecule has 2 rings (SSSR count). The van der Waals surface area contributed by atoms with Crippen LogP contribution in [-0.2, 0) is 4.74 Å². The first-order valence-electron chi connectivity index (χ1n) is 7.87. The predicted molar refractivity (Wildman–Crippen MR) is 75.9 cm³/mol. The van der Waals surface area contributed by atoms with Crippen LogP contribution in [0.3, 0.4) is 0 Å². The summed E-state index contributed by atoms with van der Waals surface area (Å²) >= 11 is 0. The molecular formula is C15H30N2O. The van der Waals surface area contributed by atoms with E-state index in [4.69, 9.17) is 4.74 Å². The van der Waals surface area contributed by atoms with Gasteiger partial charge in [0.1, 0.15) is 0 Å². The van der Waals surface area contributed by atoms with Crippen molar-refractivity contribution in [3.63, 3.8) is 0 Å². The molecular weight excluding hydrogens is 224 g/mol. The molecule has 0 amide bonds. The molecule has 0 aromatic carbocycles. The largest absolute Gasteiger partial charge is 0.379 e. The van der Waals surface area contributed by atoms with E-state index in [2.05, 4.69) is 23.6 Å². The van der Waals surface area contributed by atoms with Gasteiger partial charge >= 0.3 is 0 Å². The third kappa shape index (κ3) is 3.94. The first kappa shape index (κ1) is 14.3. The van der Waals surface area contributed by atoms with Crippen molar-refractivity contribution in [2.24, 2.45) is 5.92 Å². The van der Waals surface area contributed by atoms with Crippen LogP contribution in [0, 0.1) is 5.92 Å². The Kier molecular flexibility index (Phi) is 5.93. The van der Waals surface area contributed by atoms with E-state index in [0.717, 1.165) is 38.3 Å².